The highest BCUT2D eigenvalue weighted by Gasteiger charge is 2.20. The lowest BCUT2D eigenvalue weighted by Gasteiger charge is -2.15. The van der Waals surface area contributed by atoms with Crippen molar-refractivity contribution in [3.63, 3.8) is 0 Å². The Morgan fingerprint density at radius 1 is 1.29 bits per heavy atom. The van der Waals surface area contributed by atoms with E-state index in [1.807, 2.05) is 0 Å². The van der Waals surface area contributed by atoms with Crippen LogP contribution in [0.1, 0.15) is 31.7 Å². The van der Waals surface area contributed by atoms with Gasteiger partial charge in [0.15, 0.2) is 0 Å². The summed E-state index contributed by atoms with van der Waals surface area (Å²) in [5.74, 6) is 0. The van der Waals surface area contributed by atoms with E-state index in [-0.39, 0.29) is 16.9 Å². The Morgan fingerprint density at radius 3 is 2.82 bits per heavy atom. The fourth-order valence-electron chi connectivity index (χ4n) is 2.53. The Kier molecular flexibility index (Phi) is 2.59. The summed E-state index contributed by atoms with van der Waals surface area (Å²) in [6.07, 6.45) is 6.09. The van der Waals surface area contributed by atoms with Crippen LogP contribution >= 0.6 is 11.6 Å². The predicted octanol–water partition coefficient (Wildman–Crippen LogP) is 2.56. The van der Waals surface area contributed by atoms with Crippen LogP contribution in [0.5, 0.6) is 0 Å². The second-order valence-corrected chi connectivity index (χ2v) is 4.74. The minimum Gasteiger partial charge on any atom is -0.289 e. The molecular weight excluding hydrogens is 238 g/mol. The van der Waals surface area contributed by atoms with Crippen molar-refractivity contribution in [2.45, 2.75) is 31.7 Å². The Balaban J connectivity index is 2.29. The number of pyridine rings is 1. The molecule has 0 N–H and O–H groups in total. The van der Waals surface area contributed by atoms with Crippen molar-refractivity contribution in [2.24, 2.45) is 0 Å². The van der Waals surface area contributed by atoms with Crippen molar-refractivity contribution in [1.29, 1.82) is 0 Å². The highest BCUT2D eigenvalue weighted by molar-refractivity contribution is 6.28. The van der Waals surface area contributed by atoms with Gasteiger partial charge in [-0.1, -0.05) is 12.8 Å². The number of aromatic nitrogens is 3. The van der Waals surface area contributed by atoms with Gasteiger partial charge in [0, 0.05) is 23.7 Å². The highest BCUT2D eigenvalue weighted by atomic mass is 35.5. The molecule has 0 aromatic carbocycles. The molecular formula is C12H12ClN3O. The second kappa shape index (κ2) is 4.11. The predicted molar refractivity (Wildman–Crippen MR) is 66.3 cm³/mol. The van der Waals surface area contributed by atoms with Crippen molar-refractivity contribution >= 4 is 22.6 Å². The first-order chi connectivity index (χ1) is 8.25. The molecule has 1 aliphatic carbocycles. The maximum atomic E-state index is 12.0. The molecule has 0 radical (unpaired) electrons. The molecule has 0 bridgehead atoms. The standard InChI is InChI=1S/C12H12ClN3O/c13-12-14-7-8-5-6-10(17)16(11(8)15-12)9-3-1-2-4-9/h5-7,9H,1-4H2. The Morgan fingerprint density at radius 2 is 2.06 bits per heavy atom. The molecule has 0 aliphatic heterocycles. The van der Waals surface area contributed by atoms with Crippen molar-refractivity contribution in [3.8, 4) is 0 Å². The van der Waals surface area contributed by atoms with Gasteiger partial charge >= 0.3 is 0 Å². The van der Waals surface area contributed by atoms with Crippen molar-refractivity contribution in [1.82, 2.24) is 14.5 Å². The molecule has 1 fully saturated rings. The lowest BCUT2D eigenvalue weighted by Crippen LogP contribution is -2.23. The molecule has 0 atom stereocenters. The molecule has 88 valence electrons. The smallest absolute Gasteiger partial charge is 0.252 e. The third-order valence-corrected chi connectivity index (χ3v) is 3.51. The van der Waals surface area contributed by atoms with Crippen molar-refractivity contribution < 1.29 is 0 Å². The van der Waals surface area contributed by atoms with Gasteiger partial charge in [-0.2, -0.15) is 4.98 Å². The molecule has 0 saturated heterocycles. The number of nitrogens with zero attached hydrogens (tertiary/aromatic N) is 3. The molecule has 2 heterocycles. The van der Waals surface area contributed by atoms with Gasteiger partial charge in [0.1, 0.15) is 5.65 Å². The Labute approximate surface area is 103 Å². The Bertz CT molecular complexity index is 617. The minimum atomic E-state index is -0.000772. The summed E-state index contributed by atoms with van der Waals surface area (Å²) in [4.78, 5) is 20.1. The molecule has 0 amide bonds. The van der Waals surface area contributed by atoms with E-state index in [1.54, 1.807) is 22.9 Å². The van der Waals surface area contributed by atoms with E-state index in [4.69, 9.17) is 11.6 Å². The van der Waals surface area contributed by atoms with Gasteiger partial charge in [-0.15, -0.1) is 0 Å². The van der Waals surface area contributed by atoms with E-state index in [2.05, 4.69) is 9.97 Å². The third-order valence-electron chi connectivity index (χ3n) is 3.33. The third kappa shape index (κ3) is 1.82. The van der Waals surface area contributed by atoms with Gasteiger partial charge in [0.25, 0.3) is 5.56 Å². The van der Waals surface area contributed by atoms with Crippen LogP contribution in [0.15, 0.2) is 23.1 Å². The maximum absolute atomic E-state index is 12.0. The fourth-order valence-corrected chi connectivity index (χ4v) is 2.66. The van der Waals surface area contributed by atoms with Crippen molar-refractivity contribution in [2.75, 3.05) is 0 Å². The van der Waals surface area contributed by atoms with E-state index in [1.165, 1.54) is 12.8 Å². The topological polar surface area (TPSA) is 47.8 Å². The zero-order chi connectivity index (χ0) is 11.8. The monoisotopic (exact) mass is 249 g/mol. The molecule has 4 nitrogen and oxygen atoms in total. The summed E-state index contributed by atoms with van der Waals surface area (Å²) in [6.45, 7) is 0. The number of halogens is 1. The molecule has 0 spiro atoms. The molecule has 2 aromatic rings. The normalized spacial score (nSPS) is 16.8. The number of rotatable bonds is 1. The summed E-state index contributed by atoms with van der Waals surface area (Å²) in [5, 5.41) is 1.05. The fraction of sp³-hybridized carbons (Fsp3) is 0.417. The summed E-state index contributed by atoms with van der Waals surface area (Å²) in [7, 11) is 0. The summed E-state index contributed by atoms with van der Waals surface area (Å²) in [6, 6.07) is 3.59. The van der Waals surface area contributed by atoms with Crippen LogP contribution in [0, 0.1) is 0 Å². The molecule has 0 unspecified atom stereocenters. The van der Waals surface area contributed by atoms with Crippen LogP contribution in [0.2, 0.25) is 5.28 Å². The first-order valence-corrected chi connectivity index (χ1v) is 6.17. The van der Waals surface area contributed by atoms with Crippen LogP contribution in [-0.4, -0.2) is 14.5 Å². The van der Waals surface area contributed by atoms with Crippen LogP contribution in [0.4, 0.5) is 0 Å². The molecule has 17 heavy (non-hydrogen) atoms. The van der Waals surface area contributed by atoms with E-state index >= 15 is 0 Å². The van der Waals surface area contributed by atoms with Gasteiger partial charge in [-0.25, -0.2) is 4.98 Å². The van der Waals surface area contributed by atoms with Crippen LogP contribution in [0.3, 0.4) is 0 Å². The summed E-state index contributed by atoms with van der Waals surface area (Å²) >= 11 is 5.81. The first kappa shape index (κ1) is 10.7. The lowest BCUT2D eigenvalue weighted by molar-refractivity contribution is 0.516. The van der Waals surface area contributed by atoms with Gasteiger partial charge in [0.2, 0.25) is 5.28 Å². The maximum Gasteiger partial charge on any atom is 0.252 e. The summed E-state index contributed by atoms with van der Waals surface area (Å²) in [5.41, 5.74) is 0.656. The molecule has 3 rings (SSSR count). The van der Waals surface area contributed by atoms with Gasteiger partial charge < -0.3 is 0 Å². The zero-order valence-electron chi connectivity index (χ0n) is 9.27. The summed E-state index contributed by atoms with van der Waals surface area (Å²) < 4.78 is 1.77. The van der Waals surface area contributed by atoms with Crippen LogP contribution in [-0.2, 0) is 0 Å². The Hall–Kier alpha value is -1.42. The van der Waals surface area contributed by atoms with Crippen molar-refractivity contribution in [3.05, 3.63) is 34.0 Å². The average molecular weight is 250 g/mol. The SMILES string of the molecule is O=c1ccc2cnc(Cl)nc2n1C1CCCC1. The molecule has 2 aromatic heterocycles. The average Bonchev–Trinajstić information content (AvgIpc) is 2.82. The lowest BCUT2D eigenvalue weighted by atomic mass is 10.2. The number of fused-ring (bicyclic) bond motifs is 1. The molecule has 1 aliphatic rings. The molecule has 1 saturated carbocycles. The van der Waals surface area contributed by atoms with Crippen LogP contribution < -0.4 is 5.56 Å². The van der Waals surface area contributed by atoms with E-state index in [9.17, 15) is 4.79 Å². The molecule has 5 heteroatoms. The van der Waals surface area contributed by atoms with E-state index in [0.717, 1.165) is 18.2 Å². The minimum absolute atomic E-state index is 0.000772. The van der Waals surface area contributed by atoms with E-state index in [0.29, 0.717) is 5.65 Å². The van der Waals surface area contributed by atoms with Gasteiger partial charge in [-0.3, -0.25) is 9.36 Å². The van der Waals surface area contributed by atoms with E-state index < -0.39 is 0 Å². The number of hydrogen-bond acceptors (Lipinski definition) is 3. The highest BCUT2D eigenvalue weighted by Crippen LogP contribution is 2.30. The first-order valence-electron chi connectivity index (χ1n) is 5.79. The largest absolute Gasteiger partial charge is 0.289 e. The van der Waals surface area contributed by atoms with Gasteiger partial charge in [-0.05, 0) is 30.5 Å². The second-order valence-electron chi connectivity index (χ2n) is 4.40. The van der Waals surface area contributed by atoms with Crippen LogP contribution in [0.25, 0.3) is 11.0 Å². The number of hydrogen-bond donors (Lipinski definition) is 0. The quantitative estimate of drug-likeness (QED) is 0.730. The zero-order valence-corrected chi connectivity index (χ0v) is 10.0. The van der Waals surface area contributed by atoms with Gasteiger partial charge in [0.05, 0.1) is 0 Å².